The second-order valence-electron chi connectivity index (χ2n) is 3.22. The topological polar surface area (TPSA) is 70.0 Å². The van der Waals surface area contributed by atoms with Crippen molar-refractivity contribution in [2.45, 2.75) is 13.5 Å². The number of hydrogen-bond donors (Lipinski definition) is 1. The number of nitrogen functional groups attached to an aromatic ring is 1. The zero-order chi connectivity index (χ0) is 11.0. The van der Waals surface area contributed by atoms with Crippen LogP contribution in [-0.4, -0.2) is 9.24 Å². The highest BCUT2D eigenvalue weighted by Gasteiger charge is 2.08. The molecule has 0 unspecified atom stereocenters. The van der Waals surface area contributed by atoms with Crippen molar-refractivity contribution in [1.29, 1.82) is 0 Å². The van der Waals surface area contributed by atoms with Gasteiger partial charge in [0.15, 0.2) is 0 Å². The predicted octanol–water partition coefficient (Wildman–Crippen LogP) is -0.103. The highest BCUT2D eigenvalue weighted by molar-refractivity contribution is 5.77. The summed E-state index contributed by atoms with van der Waals surface area (Å²) in [6.45, 7) is 2.31. The van der Waals surface area contributed by atoms with Crippen molar-refractivity contribution in [3.8, 4) is 0 Å². The van der Waals surface area contributed by atoms with Gasteiger partial charge in [0.2, 0.25) is 0 Å². The number of aromatic nitrogens is 2. The SMILES string of the molecule is CCn1c(=O)n(N)c(=O)c2ccccc21. The van der Waals surface area contributed by atoms with Gasteiger partial charge in [-0.15, -0.1) is 0 Å². The third kappa shape index (κ3) is 1.24. The maximum atomic E-state index is 11.6. The summed E-state index contributed by atoms with van der Waals surface area (Å²) >= 11 is 0. The Morgan fingerprint density at radius 3 is 2.60 bits per heavy atom. The van der Waals surface area contributed by atoms with Gasteiger partial charge in [0.25, 0.3) is 5.56 Å². The molecular weight excluding hydrogens is 194 g/mol. The van der Waals surface area contributed by atoms with Gasteiger partial charge in [0.1, 0.15) is 0 Å². The summed E-state index contributed by atoms with van der Waals surface area (Å²) in [5.41, 5.74) is -0.321. The van der Waals surface area contributed by atoms with Crippen molar-refractivity contribution in [2.75, 3.05) is 5.84 Å². The van der Waals surface area contributed by atoms with E-state index in [1.54, 1.807) is 24.3 Å². The van der Waals surface area contributed by atoms with Gasteiger partial charge in [0, 0.05) is 6.54 Å². The van der Waals surface area contributed by atoms with Gasteiger partial charge in [-0.3, -0.25) is 9.36 Å². The molecule has 1 heterocycles. The van der Waals surface area contributed by atoms with Crippen LogP contribution in [0.2, 0.25) is 0 Å². The Hall–Kier alpha value is -2.04. The Balaban J connectivity index is 3.12. The molecule has 5 heteroatoms. The lowest BCUT2D eigenvalue weighted by molar-refractivity contribution is 0.678. The fraction of sp³-hybridized carbons (Fsp3) is 0.200. The molecule has 78 valence electrons. The number of aryl methyl sites for hydroxylation is 1. The molecule has 0 atom stereocenters. The number of benzene rings is 1. The molecule has 15 heavy (non-hydrogen) atoms. The van der Waals surface area contributed by atoms with Crippen LogP contribution in [0.1, 0.15) is 6.92 Å². The molecule has 2 N–H and O–H groups in total. The second-order valence-corrected chi connectivity index (χ2v) is 3.22. The molecule has 0 fully saturated rings. The highest BCUT2D eigenvalue weighted by Crippen LogP contribution is 2.06. The van der Waals surface area contributed by atoms with E-state index in [1.165, 1.54) is 4.57 Å². The molecular formula is C10H11N3O2. The van der Waals surface area contributed by atoms with Crippen LogP contribution < -0.4 is 17.1 Å². The molecule has 0 aliphatic heterocycles. The lowest BCUT2D eigenvalue weighted by Gasteiger charge is -2.08. The first-order chi connectivity index (χ1) is 7.16. The largest absolute Gasteiger partial charge is 0.350 e. The minimum atomic E-state index is -0.485. The number of nitrogens with zero attached hydrogens (tertiary/aromatic N) is 2. The maximum absolute atomic E-state index is 11.6. The van der Waals surface area contributed by atoms with Crippen molar-refractivity contribution >= 4 is 10.9 Å². The van der Waals surface area contributed by atoms with Crippen LogP contribution in [0.5, 0.6) is 0 Å². The summed E-state index contributed by atoms with van der Waals surface area (Å²) in [4.78, 5) is 23.3. The monoisotopic (exact) mass is 205 g/mol. The third-order valence-electron chi connectivity index (χ3n) is 2.40. The zero-order valence-corrected chi connectivity index (χ0v) is 8.30. The van der Waals surface area contributed by atoms with Gasteiger partial charge in [0.05, 0.1) is 10.9 Å². The standard InChI is InChI=1S/C10H11N3O2/c1-2-12-8-6-4-3-5-7(8)9(14)13(11)10(12)15/h3-6H,2,11H2,1H3. The van der Waals surface area contributed by atoms with E-state index in [2.05, 4.69) is 0 Å². The molecule has 1 aromatic carbocycles. The van der Waals surface area contributed by atoms with Crippen LogP contribution in [0.3, 0.4) is 0 Å². The smallest absolute Gasteiger partial charge is 0.332 e. The number of fused-ring (bicyclic) bond motifs is 1. The minimum Gasteiger partial charge on any atom is -0.332 e. The average molecular weight is 205 g/mol. The lowest BCUT2D eigenvalue weighted by atomic mass is 10.2. The molecule has 0 aliphatic carbocycles. The van der Waals surface area contributed by atoms with Crippen molar-refractivity contribution in [3.05, 3.63) is 45.1 Å². The molecule has 0 saturated carbocycles. The van der Waals surface area contributed by atoms with Crippen molar-refractivity contribution in [3.63, 3.8) is 0 Å². The minimum absolute atomic E-state index is 0.458. The number of hydrogen-bond acceptors (Lipinski definition) is 3. The zero-order valence-electron chi connectivity index (χ0n) is 8.30. The third-order valence-corrected chi connectivity index (χ3v) is 2.40. The molecule has 0 amide bonds. The van der Waals surface area contributed by atoms with Gasteiger partial charge in [-0.25, -0.2) is 4.79 Å². The fourth-order valence-corrected chi connectivity index (χ4v) is 1.65. The predicted molar refractivity (Wildman–Crippen MR) is 58.3 cm³/mol. The highest BCUT2D eigenvalue weighted by atomic mass is 16.2. The van der Waals surface area contributed by atoms with Crippen LogP contribution in [0.15, 0.2) is 33.9 Å². The molecule has 0 spiro atoms. The van der Waals surface area contributed by atoms with Crippen LogP contribution in [0.25, 0.3) is 10.9 Å². The normalized spacial score (nSPS) is 10.7. The van der Waals surface area contributed by atoms with E-state index in [1.807, 2.05) is 6.92 Å². The van der Waals surface area contributed by atoms with Crippen LogP contribution in [0.4, 0.5) is 0 Å². The first-order valence-electron chi connectivity index (χ1n) is 4.66. The van der Waals surface area contributed by atoms with Crippen LogP contribution >= 0.6 is 0 Å². The summed E-state index contributed by atoms with van der Waals surface area (Å²) in [5.74, 6) is 5.40. The molecule has 5 nitrogen and oxygen atoms in total. The Kier molecular flexibility index (Phi) is 2.07. The van der Waals surface area contributed by atoms with Gasteiger partial charge in [-0.05, 0) is 19.1 Å². The molecule has 2 rings (SSSR count). The van der Waals surface area contributed by atoms with Gasteiger partial charge in [-0.1, -0.05) is 12.1 Å². The molecule has 2 aromatic rings. The average Bonchev–Trinajstić information content (AvgIpc) is 2.27. The Morgan fingerprint density at radius 2 is 1.93 bits per heavy atom. The van der Waals surface area contributed by atoms with Crippen LogP contribution in [-0.2, 0) is 6.54 Å². The molecule has 0 bridgehead atoms. The molecule has 0 radical (unpaired) electrons. The summed E-state index contributed by atoms with van der Waals surface area (Å²) in [6, 6.07) is 6.93. The second kappa shape index (κ2) is 3.27. The van der Waals surface area contributed by atoms with Crippen molar-refractivity contribution < 1.29 is 0 Å². The van der Waals surface area contributed by atoms with E-state index >= 15 is 0 Å². The number of rotatable bonds is 1. The molecule has 0 saturated heterocycles. The summed E-state index contributed by atoms with van der Waals surface area (Å²) in [7, 11) is 0. The maximum Gasteiger partial charge on any atom is 0.350 e. The molecule has 1 aromatic heterocycles. The Bertz CT molecular complexity index is 625. The van der Waals surface area contributed by atoms with Crippen molar-refractivity contribution in [2.24, 2.45) is 0 Å². The summed E-state index contributed by atoms with van der Waals surface area (Å²) in [5, 5.41) is 0.460. The van der Waals surface area contributed by atoms with E-state index in [4.69, 9.17) is 5.84 Å². The Morgan fingerprint density at radius 1 is 1.27 bits per heavy atom. The van der Waals surface area contributed by atoms with E-state index in [-0.39, 0.29) is 0 Å². The number of nitrogens with two attached hydrogens (primary N) is 1. The van der Waals surface area contributed by atoms with Crippen LogP contribution in [0, 0.1) is 0 Å². The summed E-state index contributed by atoms with van der Waals surface area (Å²) in [6.07, 6.45) is 0. The first kappa shape index (κ1) is 9.51. The fourth-order valence-electron chi connectivity index (χ4n) is 1.65. The van der Waals surface area contributed by atoms with Gasteiger partial charge < -0.3 is 5.84 Å². The quantitative estimate of drug-likeness (QED) is 0.661. The Labute approximate surface area is 85.3 Å². The van der Waals surface area contributed by atoms with E-state index < -0.39 is 11.2 Å². The van der Waals surface area contributed by atoms with Gasteiger partial charge in [-0.2, -0.15) is 4.68 Å². The van der Waals surface area contributed by atoms with E-state index in [9.17, 15) is 9.59 Å². The number of para-hydroxylation sites is 1. The summed E-state index contributed by atoms with van der Waals surface area (Å²) < 4.78 is 2.11. The first-order valence-corrected chi connectivity index (χ1v) is 4.66. The van der Waals surface area contributed by atoms with Gasteiger partial charge >= 0.3 is 5.69 Å². The lowest BCUT2D eigenvalue weighted by Crippen LogP contribution is -2.44. The van der Waals surface area contributed by atoms with E-state index in [0.717, 1.165) is 0 Å². The van der Waals surface area contributed by atoms with Crippen molar-refractivity contribution in [1.82, 2.24) is 9.24 Å². The molecule has 0 aliphatic rings. The van der Waals surface area contributed by atoms with E-state index in [0.29, 0.717) is 22.1 Å².